The smallest absolute Gasteiger partial charge is 0.328 e. The van der Waals surface area contributed by atoms with Gasteiger partial charge in [0.05, 0.1) is 13.2 Å². The van der Waals surface area contributed by atoms with Crippen LogP contribution in [0.4, 0.5) is 5.82 Å². The van der Waals surface area contributed by atoms with E-state index in [0.29, 0.717) is 19.0 Å². The molecule has 1 atom stereocenters. The van der Waals surface area contributed by atoms with E-state index in [4.69, 9.17) is 15.6 Å². The van der Waals surface area contributed by atoms with Crippen molar-refractivity contribution >= 4 is 17.7 Å². The minimum absolute atomic E-state index is 0.0406. The average Bonchev–Trinajstić information content (AvgIpc) is 2.39. The van der Waals surface area contributed by atoms with E-state index in [9.17, 15) is 9.59 Å². The largest absolute Gasteiger partial charge is 0.480 e. The zero-order valence-corrected chi connectivity index (χ0v) is 9.44. The molecule has 1 unspecified atom stereocenters. The van der Waals surface area contributed by atoms with Gasteiger partial charge in [0.25, 0.3) is 5.91 Å². The number of ether oxygens (including phenoxy) is 1. The predicted molar refractivity (Wildman–Crippen MR) is 60.1 cm³/mol. The molecule has 8 heteroatoms. The molecule has 1 amide bonds. The summed E-state index contributed by atoms with van der Waals surface area (Å²) < 4.78 is 5.11. The maximum absolute atomic E-state index is 11.1. The summed E-state index contributed by atoms with van der Waals surface area (Å²) in [5.74, 6) is -1.28. The minimum atomic E-state index is -0.990. The fraction of sp³-hybridized carbons (Fsp3) is 0.400. The lowest BCUT2D eigenvalue weighted by Gasteiger charge is -2.33. The Bertz CT molecular complexity index is 461. The van der Waals surface area contributed by atoms with E-state index in [0.717, 1.165) is 0 Å². The number of hydrogen-bond acceptors (Lipinski definition) is 6. The first-order chi connectivity index (χ1) is 8.59. The molecule has 1 saturated heterocycles. The van der Waals surface area contributed by atoms with Crippen molar-refractivity contribution in [1.29, 1.82) is 0 Å². The SMILES string of the molecule is NC(=O)c1ccc(N2CCOCC2C(=O)O)nn1. The number of carboxylic acid groups (broad SMARTS) is 1. The number of anilines is 1. The van der Waals surface area contributed by atoms with E-state index in [1.807, 2.05) is 0 Å². The minimum Gasteiger partial charge on any atom is -0.480 e. The predicted octanol–water partition coefficient (Wildman–Crippen LogP) is -1.13. The van der Waals surface area contributed by atoms with Gasteiger partial charge in [-0.25, -0.2) is 4.79 Å². The van der Waals surface area contributed by atoms with Crippen LogP contribution >= 0.6 is 0 Å². The zero-order valence-electron chi connectivity index (χ0n) is 9.44. The molecular formula is C10H12N4O4. The first-order valence-electron chi connectivity index (χ1n) is 5.30. The Morgan fingerprint density at radius 2 is 2.22 bits per heavy atom. The normalized spacial score (nSPS) is 19.6. The van der Waals surface area contributed by atoms with Gasteiger partial charge < -0.3 is 20.5 Å². The van der Waals surface area contributed by atoms with Crippen LogP contribution in [-0.2, 0) is 9.53 Å². The molecule has 1 fully saturated rings. The van der Waals surface area contributed by atoms with Gasteiger partial charge in [0, 0.05) is 6.54 Å². The number of primary amides is 1. The van der Waals surface area contributed by atoms with Crippen LogP contribution in [0.5, 0.6) is 0 Å². The Balaban J connectivity index is 2.23. The van der Waals surface area contributed by atoms with Gasteiger partial charge >= 0.3 is 5.97 Å². The molecule has 3 N–H and O–H groups in total. The molecule has 0 aromatic carbocycles. The van der Waals surface area contributed by atoms with Crippen LogP contribution in [0.15, 0.2) is 12.1 Å². The number of carboxylic acids is 1. The van der Waals surface area contributed by atoms with Crippen molar-refractivity contribution < 1.29 is 19.4 Å². The number of hydrogen-bond donors (Lipinski definition) is 2. The number of nitrogens with two attached hydrogens (primary N) is 1. The van der Waals surface area contributed by atoms with Crippen molar-refractivity contribution in [3.8, 4) is 0 Å². The number of nitrogens with zero attached hydrogens (tertiary/aromatic N) is 3. The van der Waals surface area contributed by atoms with Gasteiger partial charge in [-0.2, -0.15) is 0 Å². The van der Waals surface area contributed by atoms with E-state index in [2.05, 4.69) is 10.2 Å². The third-order valence-electron chi connectivity index (χ3n) is 2.61. The molecule has 1 aromatic rings. The standard InChI is InChI=1S/C10H12N4O4/c11-9(15)6-1-2-8(13-12-6)14-3-4-18-5-7(14)10(16)17/h1-2,7H,3-5H2,(H2,11,15)(H,16,17). The quantitative estimate of drug-likeness (QED) is 0.698. The van der Waals surface area contributed by atoms with Gasteiger partial charge in [-0.15, -0.1) is 10.2 Å². The molecule has 0 radical (unpaired) electrons. The monoisotopic (exact) mass is 252 g/mol. The molecule has 1 aliphatic heterocycles. The molecule has 1 aromatic heterocycles. The number of amides is 1. The summed E-state index contributed by atoms with van der Waals surface area (Å²) in [5.41, 5.74) is 5.09. The molecular weight excluding hydrogens is 240 g/mol. The van der Waals surface area contributed by atoms with Gasteiger partial charge in [-0.05, 0) is 12.1 Å². The Hall–Kier alpha value is -2.22. The summed E-state index contributed by atoms with van der Waals surface area (Å²) in [6, 6.07) is 2.14. The molecule has 0 spiro atoms. The summed E-state index contributed by atoms with van der Waals surface area (Å²) in [6.45, 7) is 0.916. The highest BCUT2D eigenvalue weighted by molar-refractivity contribution is 5.90. The van der Waals surface area contributed by atoms with Crippen LogP contribution in [-0.4, -0.2) is 53.0 Å². The van der Waals surface area contributed by atoms with Crippen LogP contribution in [0, 0.1) is 0 Å². The number of rotatable bonds is 3. The first-order valence-corrected chi connectivity index (χ1v) is 5.30. The fourth-order valence-corrected chi connectivity index (χ4v) is 1.69. The van der Waals surface area contributed by atoms with Gasteiger partial charge in [0.2, 0.25) is 0 Å². The highest BCUT2D eigenvalue weighted by atomic mass is 16.5. The van der Waals surface area contributed by atoms with Crippen molar-refractivity contribution in [2.45, 2.75) is 6.04 Å². The summed E-state index contributed by atoms with van der Waals surface area (Å²) >= 11 is 0. The van der Waals surface area contributed by atoms with E-state index in [1.54, 1.807) is 4.90 Å². The second-order valence-electron chi connectivity index (χ2n) is 3.76. The molecule has 1 aliphatic rings. The maximum atomic E-state index is 11.1. The van der Waals surface area contributed by atoms with Crippen molar-refractivity contribution in [3.05, 3.63) is 17.8 Å². The van der Waals surface area contributed by atoms with Crippen LogP contribution in [0.25, 0.3) is 0 Å². The van der Waals surface area contributed by atoms with Gasteiger partial charge in [0.1, 0.15) is 0 Å². The summed E-state index contributed by atoms with van der Waals surface area (Å²) in [7, 11) is 0. The molecule has 0 saturated carbocycles. The number of carbonyl (C=O) groups is 2. The van der Waals surface area contributed by atoms with Crippen LogP contribution in [0.1, 0.15) is 10.5 Å². The Kier molecular flexibility index (Phi) is 3.38. The first kappa shape index (κ1) is 12.2. The second-order valence-corrected chi connectivity index (χ2v) is 3.76. The van der Waals surface area contributed by atoms with E-state index < -0.39 is 17.9 Å². The maximum Gasteiger partial charge on any atom is 0.328 e. The van der Waals surface area contributed by atoms with Crippen molar-refractivity contribution in [2.24, 2.45) is 5.73 Å². The lowest BCUT2D eigenvalue weighted by atomic mass is 10.2. The van der Waals surface area contributed by atoms with Gasteiger partial charge in [-0.3, -0.25) is 4.79 Å². The highest BCUT2D eigenvalue weighted by Crippen LogP contribution is 2.16. The Morgan fingerprint density at radius 1 is 1.44 bits per heavy atom. The van der Waals surface area contributed by atoms with Crippen molar-refractivity contribution in [1.82, 2.24) is 10.2 Å². The summed E-state index contributed by atoms with van der Waals surface area (Å²) in [6.07, 6.45) is 0. The van der Waals surface area contributed by atoms with Gasteiger partial charge in [-0.1, -0.05) is 0 Å². The summed E-state index contributed by atoms with van der Waals surface area (Å²) in [4.78, 5) is 23.5. The molecule has 2 rings (SSSR count). The summed E-state index contributed by atoms with van der Waals surface area (Å²) in [5, 5.41) is 16.5. The molecule has 0 aliphatic carbocycles. The second kappa shape index (κ2) is 4.96. The number of carbonyl (C=O) groups excluding carboxylic acids is 1. The van der Waals surface area contributed by atoms with Crippen LogP contribution in [0.3, 0.4) is 0 Å². The molecule has 2 heterocycles. The number of aromatic nitrogens is 2. The topological polar surface area (TPSA) is 119 Å². The molecule has 0 bridgehead atoms. The lowest BCUT2D eigenvalue weighted by Crippen LogP contribution is -2.50. The van der Waals surface area contributed by atoms with Crippen LogP contribution in [0.2, 0.25) is 0 Å². The zero-order chi connectivity index (χ0) is 13.1. The van der Waals surface area contributed by atoms with Crippen molar-refractivity contribution in [2.75, 3.05) is 24.7 Å². The fourth-order valence-electron chi connectivity index (χ4n) is 1.69. The average molecular weight is 252 g/mol. The van der Waals surface area contributed by atoms with E-state index >= 15 is 0 Å². The van der Waals surface area contributed by atoms with Crippen molar-refractivity contribution in [3.63, 3.8) is 0 Å². The van der Waals surface area contributed by atoms with Gasteiger partial charge in [0.15, 0.2) is 17.6 Å². The van der Waals surface area contributed by atoms with Crippen LogP contribution < -0.4 is 10.6 Å². The molecule has 18 heavy (non-hydrogen) atoms. The van der Waals surface area contributed by atoms with E-state index in [1.165, 1.54) is 12.1 Å². The van der Waals surface area contributed by atoms with E-state index in [-0.39, 0.29) is 12.3 Å². The molecule has 8 nitrogen and oxygen atoms in total. The number of aliphatic carboxylic acids is 1. The third-order valence-corrected chi connectivity index (χ3v) is 2.61. The number of morpholine rings is 1. The lowest BCUT2D eigenvalue weighted by molar-refractivity contribution is -0.141. The molecule has 96 valence electrons. The Labute approximate surface area is 102 Å². The Morgan fingerprint density at radius 3 is 2.78 bits per heavy atom. The third kappa shape index (κ3) is 2.38. The highest BCUT2D eigenvalue weighted by Gasteiger charge is 2.30.